The van der Waals surface area contributed by atoms with Crippen LogP contribution in [-0.2, 0) is 19.6 Å². The molecule has 3 rings (SSSR count). The molecule has 1 aliphatic carbocycles. The van der Waals surface area contributed by atoms with Gasteiger partial charge in [0.2, 0.25) is 0 Å². The smallest absolute Gasteiger partial charge is 0.0949 e. The Morgan fingerprint density at radius 2 is 2.29 bits per heavy atom. The number of aryl methyl sites for hydroxylation is 2. The van der Waals surface area contributed by atoms with Crippen LogP contribution in [0.3, 0.4) is 0 Å². The normalized spacial score (nSPS) is 15.3. The largest absolute Gasteiger partial charge is 0.332 e. The Morgan fingerprint density at radius 3 is 3.06 bits per heavy atom. The molecule has 0 spiro atoms. The first-order valence-corrected chi connectivity index (χ1v) is 6.11. The summed E-state index contributed by atoms with van der Waals surface area (Å²) in [5.74, 6) is 0. The van der Waals surface area contributed by atoms with E-state index in [2.05, 4.69) is 20.0 Å². The summed E-state index contributed by atoms with van der Waals surface area (Å²) in [5.41, 5.74) is 1.25. The van der Waals surface area contributed by atoms with E-state index in [1.807, 2.05) is 35.7 Å². The molecule has 0 aromatic carbocycles. The number of nitrogens with one attached hydrogen (secondary N) is 1. The molecule has 0 aliphatic heterocycles. The maximum atomic E-state index is 4.21. The summed E-state index contributed by atoms with van der Waals surface area (Å²) in [6, 6.07) is 2.69. The summed E-state index contributed by atoms with van der Waals surface area (Å²) < 4.78 is 4.13. The van der Waals surface area contributed by atoms with Gasteiger partial charge in [-0.1, -0.05) is 0 Å². The molecule has 0 amide bonds. The maximum absolute atomic E-state index is 4.21. The van der Waals surface area contributed by atoms with Crippen molar-refractivity contribution in [2.24, 2.45) is 0 Å². The van der Waals surface area contributed by atoms with E-state index in [9.17, 15) is 0 Å². The molecule has 17 heavy (non-hydrogen) atoms. The van der Waals surface area contributed by atoms with Crippen LogP contribution in [0, 0.1) is 0 Å². The van der Waals surface area contributed by atoms with Crippen LogP contribution >= 0.6 is 0 Å². The van der Waals surface area contributed by atoms with Gasteiger partial charge in [-0.3, -0.25) is 4.68 Å². The molecule has 2 aromatic heterocycles. The van der Waals surface area contributed by atoms with Crippen LogP contribution in [0.4, 0.5) is 0 Å². The first-order chi connectivity index (χ1) is 8.42. The fourth-order valence-electron chi connectivity index (χ4n) is 1.88. The molecule has 5 nitrogen and oxygen atoms in total. The van der Waals surface area contributed by atoms with E-state index >= 15 is 0 Å². The van der Waals surface area contributed by atoms with Gasteiger partial charge in [0.25, 0.3) is 0 Å². The van der Waals surface area contributed by atoms with Crippen molar-refractivity contribution >= 4 is 0 Å². The number of imidazole rings is 1. The van der Waals surface area contributed by atoms with Crippen molar-refractivity contribution in [3.63, 3.8) is 0 Å². The molecule has 0 saturated heterocycles. The quantitative estimate of drug-likeness (QED) is 0.808. The third-order valence-corrected chi connectivity index (χ3v) is 3.08. The minimum atomic E-state index is 0.740. The summed E-state index contributed by atoms with van der Waals surface area (Å²) in [6.45, 7) is 2.73. The lowest BCUT2D eigenvalue weighted by molar-refractivity contribution is 0.513. The van der Waals surface area contributed by atoms with Gasteiger partial charge < -0.3 is 9.88 Å². The molecule has 0 radical (unpaired) electrons. The second-order valence-corrected chi connectivity index (χ2v) is 4.50. The van der Waals surface area contributed by atoms with E-state index in [1.165, 1.54) is 18.5 Å². The Kier molecular flexibility index (Phi) is 2.92. The molecule has 0 bridgehead atoms. The minimum Gasteiger partial charge on any atom is -0.332 e. The molecule has 2 heterocycles. The number of aromatic nitrogens is 4. The molecule has 5 heteroatoms. The highest BCUT2D eigenvalue weighted by Gasteiger charge is 2.20. The van der Waals surface area contributed by atoms with E-state index in [1.54, 1.807) is 0 Å². The summed E-state index contributed by atoms with van der Waals surface area (Å²) in [7, 11) is 0. The van der Waals surface area contributed by atoms with Crippen LogP contribution in [0.15, 0.2) is 31.0 Å². The van der Waals surface area contributed by atoms with Gasteiger partial charge in [0, 0.05) is 37.7 Å². The Hall–Kier alpha value is -1.62. The van der Waals surface area contributed by atoms with E-state index < -0.39 is 0 Å². The van der Waals surface area contributed by atoms with Gasteiger partial charge in [0.1, 0.15) is 0 Å². The average molecular weight is 231 g/mol. The minimum absolute atomic E-state index is 0.740. The van der Waals surface area contributed by atoms with Gasteiger partial charge in [-0.2, -0.15) is 5.10 Å². The van der Waals surface area contributed by atoms with Gasteiger partial charge in [-0.25, -0.2) is 4.98 Å². The van der Waals surface area contributed by atoms with Crippen LogP contribution in [0.2, 0.25) is 0 Å². The molecule has 90 valence electrons. The molecular formula is C12H17N5. The van der Waals surface area contributed by atoms with Gasteiger partial charge in [0.05, 0.1) is 18.6 Å². The van der Waals surface area contributed by atoms with Crippen LogP contribution in [0.1, 0.15) is 18.5 Å². The first kappa shape index (κ1) is 10.5. The zero-order valence-electron chi connectivity index (χ0n) is 9.79. The molecule has 0 atom stereocenters. The average Bonchev–Trinajstić information content (AvgIpc) is 2.86. The van der Waals surface area contributed by atoms with Crippen molar-refractivity contribution < 1.29 is 0 Å². The third-order valence-electron chi connectivity index (χ3n) is 3.08. The first-order valence-electron chi connectivity index (χ1n) is 6.11. The lowest BCUT2D eigenvalue weighted by atomic mass is 10.4. The van der Waals surface area contributed by atoms with Crippen LogP contribution < -0.4 is 5.32 Å². The van der Waals surface area contributed by atoms with Crippen LogP contribution in [0.5, 0.6) is 0 Å². The van der Waals surface area contributed by atoms with E-state index in [4.69, 9.17) is 0 Å². The van der Waals surface area contributed by atoms with Crippen molar-refractivity contribution in [3.8, 4) is 0 Å². The summed E-state index contributed by atoms with van der Waals surface area (Å²) in [6.07, 6.45) is 10.3. The van der Waals surface area contributed by atoms with Gasteiger partial charge in [-0.15, -0.1) is 0 Å². The van der Waals surface area contributed by atoms with E-state index in [-0.39, 0.29) is 0 Å². The van der Waals surface area contributed by atoms with Crippen molar-refractivity contribution in [1.82, 2.24) is 24.6 Å². The van der Waals surface area contributed by atoms with E-state index in [0.717, 1.165) is 25.7 Å². The summed E-state index contributed by atoms with van der Waals surface area (Å²) >= 11 is 0. The fourth-order valence-corrected chi connectivity index (χ4v) is 1.88. The molecule has 2 aromatic rings. The number of rotatable bonds is 6. The highest BCUT2D eigenvalue weighted by Crippen LogP contribution is 2.19. The lowest BCUT2D eigenvalue weighted by Gasteiger charge is -2.08. The Balaban J connectivity index is 1.56. The monoisotopic (exact) mass is 231 g/mol. The predicted octanol–water partition coefficient (Wildman–Crippen LogP) is 1.03. The number of hydrogen-bond donors (Lipinski definition) is 1. The second-order valence-electron chi connectivity index (χ2n) is 4.50. The van der Waals surface area contributed by atoms with Gasteiger partial charge in [0.15, 0.2) is 0 Å². The van der Waals surface area contributed by atoms with Crippen molar-refractivity contribution in [2.75, 3.05) is 0 Å². The third kappa shape index (κ3) is 2.74. The highest BCUT2D eigenvalue weighted by atomic mass is 15.3. The van der Waals surface area contributed by atoms with Crippen molar-refractivity contribution in [1.29, 1.82) is 0 Å². The predicted molar refractivity (Wildman–Crippen MR) is 64.3 cm³/mol. The molecular weight excluding hydrogens is 214 g/mol. The van der Waals surface area contributed by atoms with Gasteiger partial charge >= 0.3 is 0 Å². The molecule has 1 fully saturated rings. The number of hydrogen-bond acceptors (Lipinski definition) is 3. The molecule has 0 unspecified atom stereocenters. The zero-order chi connectivity index (χ0) is 11.5. The molecule has 1 aliphatic rings. The SMILES string of the molecule is c1cnn(CCn2cncc2CNC2CC2)c1. The summed E-state index contributed by atoms with van der Waals surface area (Å²) in [4.78, 5) is 4.21. The van der Waals surface area contributed by atoms with Gasteiger partial charge in [-0.05, 0) is 18.9 Å². The Bertz CT molecular complexity index is 455. The number of nitrogens with zero attached hydrogens (tertiary/aromatic N) is 4. The highest BCUT2D eigenvalue weighted by molar-refractivity contribution is 4.99. The maximum Gasteiger partial charge on any atom is 0.0949 e. The van der Waals surface area contributed by atoms with Crippen LogP contribution in [0.25, 0.3) is 0 Å². The Morgan fingerprint density at radius 1 is 1.35 bits per heavy atom. The van der Waals surface area contributed by atoms with Crippen LogP contribution in [-0.4, -0.2) is 25.4 Å². The second kappa shape index (κ2) is 4.71. The molecule has 1 N–H and O–H groups in total. The fraction of sp³-hybridized carbons (Fsp3) is 0.500. The van der Waals surface area contributed by atoms with Crippen molar-refractivity contribution in [2.45, 2.75) is 38.5 Å². The Labute approximate surface area is 100 Å². The molecule has 1 saturated carbocycles. The zero-order valence-corrected chi connectivity index (χ0v) is 9.79. The van der Waals surface area contributed by atoms with Crippen molar-refractivity contribution in [3.05, 3.63) is 36.7 Å². The lowest BCUT2D eigenvalue weighted by Crippen LogP contribution is -2.19. The van der Waals surface area contributed by atoms with E-state index in [0.29, 0.717) is 0 Å². The standard InChI is InChI=1S/C12H17N5/c1-4-15-17(5-1)7-6-16-10-13-8-12(16)9-14-11-2-3-11/h1,4-5,8,10-11,14H,2-3,6-7,9H2. The topological polar surface area (TPSA) is 47.7 Å². The summed E-state index contributed by atoms with van der Waals surface area (Å²) in [5, 5.41) is 7.71.